The lowest BCUT2D eigenvalue weighted by molar-refractivity contribution is 0.473. The van der Waals surface area contributed by atoms with Gasteiger partial charge in [-0.1, -0.05) is 74.5 Å². The minimum absolute atomic E-state index is 0.225. The maximum absolute atomic E-state index is 9.84. The number of rotatable bonds is 7. The van der Waals surface area contributed by atoms with Crippen molar-refractivity contribution in [2.75, 3.05) is 0 Å². The Morgan fingerprint density at radius 3 is 1.12 bits per heavy atom. The third kappa shape index (κ3) is 3.82. The molecule has 0 aliphatic carbocycles. The second-order valence-electron chi connectivity index (χ2n) is 8.92. The second kappa shape index (κ2) is 8.08. The molecule has 3 N–H and O–H groups in total. The van der Waals surface area contributed by atoms with Gasteiger partial charge in [0.15, 0.2) is 0 Å². The fraction of sp³-hybridized carbons (Fsp3) is 0.172. The number of benzene rings is 4. The highest BCUT2D eigenvalue weighted by Crippen LogP contribution is 2.41. The first-order valence-electron chi connectivity index (χ1n) is 11.5. The monoisotopic (exact) mass is 426 g/mol. The van der Waals surface area contributed by atoms with E-state index in [0.717, 1.165) is 22.3 Å². The standard InChI is InChI=1S/C29H28O3/c1-28(2,21-8-14-25(30)15-9-21)20-4-6-22(7-5-20)29(3,23-10-16-26(31)17-11-23)24-12-18-27(32)19-13-24/h4-19,30-32H,1-3H3/i/hD2. The first kappa shape index (κ1) is 19.0. The zero-order chi connectivity index (χ0) is 24.3. The Morgan fingerprint density at radius 1 is 0.469 bits per heavy atom. The molecule has 0 spiro atoms. The zero-order valence-corrected chi connectivity index (χ0v) is 18.5. The van der Waals surface area contributed by atoms with Gasteiger partial charge in [0, 0.05) is 10.8 Å². The summed E-state index contributed by atoms with van der Waals surface area (Å²) in [6.45, 7) is 6.52. The van der Waals surface area contributed by atoms with E-state index in [1.54, 1.807) is 24.3 Å². The molecule has 0 radical (unpaired) electrons. The molecule has 4 aromatic rings. The predicted octanol–water partition coefficient (Wildman–Crippen LogP) is 6.48. The molecule has 0 saturated carbocycles. The van der Waals surface area contributed by atoms with Gasteiger partial charge in [0.05, 0.1) is 0 Å². The normalized spacial score (nSPS) is 14.1. The number of phenols is 3. The van der Waals surface area contributed by atoms with Crippen molar-refractivity contribution < 1.29 is 15.3 Å². The Kier molecular flexibility index (Phi) is 4.80. The summed E-state index contributed by atoms with van der Waals surface area (Å²) in [5.41, 5.74) is 4.79. The van der Waals surface area contributed by atoms with Crippen LogP contribution >= 0.6 is 0 Å². The molecular formula is C29H28O3. The Bertz CT molecular complexity index is 1230. The quantitative estimate of drug-likeness (QED) is 0.296. The van der Waals surface area contributed by atoms with E-state index in [-0.39, 0.29) is 11.2 Å². The first-order valence-corrected chi connectivity index (χ1v) is 10.7. The lowest BCUT2D eigenvalue weighted by Gasteiger charge is -2.33. The van der Waals surface area contributed by atoms with E-state index in [1.807, 2.05) is 48.5 Å². The SMILES string of the molecule is [2H]Oc1ccc(C(C)(C)c2ccc(C(C)(c3ccc(O)cc3)c3ccc(O[2H])cc3)cc2)cc1. The van der Waals surface area contributed by atoms with Gasteiger partial charge >= 0.3 is 0 Å². The number of phenolic OH excluding ortho intramolecular Hbond substituents is 3. The molecular weight excluding hydrogens is 396 g/mol. The summed E-state index contributed by atoms with van der Waals surface area (Å²) >= 11 is 0. The molecule has 0 amide bonds. The number of hydrogen-bond acceptors (Lipinski definition) is 3. The van der Waals surface area contributed by atoms with Gasteiger partial charge in [-0.25, -0.2) is 0 Å². The summed E-state index contributed by atoms with van der Waals surface area (Å²) in [5.74, 6) is 1.22. The van der Waals surface area contributed by atoms with E-state index in [4.69, 9.17) is 2.86 Å². The van der Waals surface area contributed by atoms with E-state index < -0.39 is 5.41 Å². The maximum Gasteiger partial charge on any atom is 0.293 e. The molecule has 0 saturated heterocycles. The van der Waals surface area contributed by atoms with Gasteiger partial charge in [0.1, 0.15) is 17.2 Å². The molecule has 1 atom stereocenters. The summed E-state index contributed by atoms with van der Waals surface area (Å²) in [6, 6.07) is 31.1. The van der Waals surface area contributed by atoms with Gasteiger partial charge in [-0.05, 0) is 71.1 Å². The Balaban J connectivity index is 1.77. The third-order valence-electron chi connectivity index (χ3n) is 6.64. The van der Waals surface area contributed by atoms with Crippen LogP contribution in [0.25, 0.3) is 0 Å². The zero-order valence-electron chi connectivity index (χ0n) is 20.5. The molecule has 3 heteroatoms. The average molecular weight is 427 g/mol. The summed E-state index contributed by atoms with van der Waals surface area (Å²) in [5, 5.41) is 19.0. The molecule has 0 fully saturated rings. The minimum atomic E-state index is -0.482. The van der Waals surface area contributed by atoms with Gasteiger partial charge in [-0.3, -0.25) is 0 Å². The lowest BCUT2D eigenvalue weighted by atomic mass is 9.70. The average Bonchev–Trinajstić information content (AvgIpc) is 2.89. The summed E-state index contributed by atoms with van der Waals surface area (Å²) < 4.78 is 14.2. The van der Waals surface area contributed by atoms with Gasteiger partial charge in [-0.2, -0.15) is 0 Å². The Morgan fingerprint density at radius 2 is 0.750 bits per heavy atom. The highest BCUT2D eigenvalue weighted by molar-refractivity contribution is 5.52. The topological polar surface area (TPSA) is 60.7 Å². The van der Waals surface area contributed by atoms with Crippen molar-refractivity contribution in [3.63, 3.8) is 0 Å². The predicted molar refractivity (Wildman–Crippen MR) is 128 cm³/mol. The summed E-state index contributed by atoms with van der Waals surface area (Å²) in [7, 11) is 0. The van der Waals surface area contributed by atoms with Crippen molar-refractivity contribution in [1.29, 1.82) is 2.86 Å². The Labute approximate surface area is 192 Å². The van der Waals surface area contributed by atoms with E-state index in [2.05, 4.69) is 55.3 Å². The number of aromatic hydroxyl groups is 3. The van der Waals surface area contributed by atoms with Gasteiger partial charge in [0.25, 0.3) is 2.86 Å². The van der Waals surface area contributed by atoms with Crippen molar-refractivity contribution in [3.8, 4) is 17.2 Å². The van der Waals surface area contributed by atoms with Crippen molar-refractivity contribution >= 4 is 0 Å². The lowest BCUT2D eigenvalue weighted by Crippen LogP contribution is -2.26. The molecule has 0 bridgehead atoms. The van der Waals surface area contributed by atoms with Crippen LogP contribution in [0.5, 0.6) is 17.2 Å². The molecule has 1 unspecified atom stereocenters. The van der Waals surface area contributed by atoms with Crippen LogP contribution in [0, 0.1) is 0 Å². The van der Waals surface area contributed by atoms with E-state index in [1.165, 1.54) is 5.56 Å². The van der Waals surface area contributed by atoms with E-state index in [0.29, 0.717) is 11.5 Å². The molecule has 32 heavy (non-hydrogen) atoms. The fourth-order valence-electron chi connectivity index (χ4n) is 4.34. The van der Waals surface area contributed by atoms with Crippen LogP contribution in [0.1, 0.15) is 48.6 Å². The molecule has 162 valence electrons. The maximum atomic E-state index is 9.84. The molecule has 4 rings (SSSR count). The van der Waals surface area contributed by atoms with Crippen LogP contribution in [0.15, 0.2) is 97.1 Å². The van der Waals surface area contributed by atoms with Gasteiger partial charge < -0.3 is 15.3 Å². The summed E-state index contributed by atoms with van der Waals surface area (Å²) in [4.78, 5) is 0. The van der Waals surface area contributed by atoms with Crippen LogP contribution in [0.2, 0.25) is 0 Å². The van der Waals surface area contributed by atoms with Crippen LogP contribution < -0.4 is 0 Å². The van der Waals surface area contributed by atoms with Gasteiger partial charge in [-0.15, -0.1) is 0 Å². The molecule has 0 aliphatic rings. The minimum Gasteiger partial charge on any atom is -0.508 e. The van der Waals surface area contributed by atoms with Crippen molar-refractivity contribution in [2.45, 2.75) is 31.6 Å². The number of hydrogen-bond donors (Lipinski definition) is 3. The third-order valence-corrected chi connectivity index (χ3v) is 6.64. The van der Waals surface area contributed by atoms with E-state index in [9.17, 15) is 5.11 Å². The van der Waals surface area contributed by atoms with Crippen LogP contribution in [0.3, 0.4) is 0 Å². The first-order chi connectivity index (χ1) is 16.3. The van der Waals surface area contributed by atoms with E-state index >= 15 is 0 Å². The fourth-order valence-corrected chi connectivity index (χ4v) is 4.34. The van der Waals surface area contributed by atoms with Crippen molar-refractivity contribution in [2.24, 2.45) is 0 Å². The smallest absolute Gasteiger partial charge is 0.293 e. The molecule has 3 nitrogen and oxygen atoms in total. The van der Waals surface area contributed by atoms with Crippen molar-refractivity contribution in [1.82, 2.24) is 0 Å². The molecule has 0 aliphatic heterocycles. The highest BCUT2D eigenvalue weighted by Gasteiger charge is 2.32. The van der Waals surface area contributed by atoms with Crippen LogP contribution in [-0.2, 0) is 10.8 Å². The Hall–Kier alpha value is -3.72. The molecule has 0 heterocycles. The molecule has 4 aromatic carbocycles. The van der Waals surface area contributed by atoms with Crippen LogP contribution in [0.4, 0.5) is 0 Å². The largest absolute Gasteiger partial charge is 0.508 e. The molecule has 0 aromatic heterocycles. The summed E-state index contributed by atoms with van der Waals surface area (Å²) in [6.07, 6.45) is 0. The van der Waals surface area contributed by atoms with Gasteiger partial charge in [0.2, 0.25) is 0 Å². The van der Waals surface area contributed by atoms with Crippen LogP contribution in [-0.4, -0.2) is 18.2 Å². The highest BCUT2D eigenvalue weighted by atomic mass is 16.3. The second-order valence-corrected chi connectivity index (χ2v) is 8.92. The van der Waals surface area contributed by atoms with Crippen molar-refractivity contribution in [3.05, 3.63) is 125 Å².